The van der Waals surface area contributed by atoms with Gasteiger partial charge in [0, 0.05) is 26.2 Å². The van der Waals surface area contributed by atoms with Gasteiger partial charge in [-0.25, -0.2) is 0 Å². The minimum Gasteiger partial charge on any atom is -0.497 e. The van der Waals surface area contributed by atoms with Gasteiger partial charge in [0.1, 0.15) is 24.2 Å². The van der Waals surface area contributed by atoms with Crippen LogP contribution < -0.4 is 9.47 Å². The molecule has 3 rings (SSSR count). The fourth-order valence-electron chi connectivity index (χ4n) is 3.13. The van der Waals surface area contributed by atoms with Crippen molar-refractivity contribution in [2.24, 2.45) is 0 Å². The first-order valence-electron chi connectivity index (χ1n) is 9.16. The third kappa shape index (κ3) is 5.69. The summed E-state index contributed by atoms with van der Waals surface area (Å²) in [6.45, 7) is 3.84. The van der Waals surface area contributed by atoms with E-state index < -0.39 is 6.10 Å². The molecule has 0 saturated carbocycles. The van der Waals surface area contributed by atoms with Gasteiger partial charge in [0.05, 0.1) is 12.0 Å². The molecular formula is C20H26N2O4S. The summed E-state index contributed by atoms with van der Waals surface area (Å²) in [4.78, 5) is 17.4. The van der Waals surface area contributed by atoms with Crippen molar-refractivity contribution >= 4 is 17.2 Å². The lowest BCUT2D eigenvalue weighted by atomic mass is 10.3. The number of ether oxygens (including phenoxy) is 2. The van der Waals surface area contributed by atoms with Crippen LogP contribution in [0.5, 0.6) is 11.5 Å². The molecule has 1 aromatic heterocycles. The highest BCUT2D eigenvalue weighted by molar-refractivity contribution is 7.12. The quantitative estimate of drug-likeness (QED) is 0.786. The molecule has 1 atom stereocenters. The summed E-state index contributed by atoms with van der Waals surface area (Å²) in [5.74, 6) is 1.59. The summed E-state index contributed by atoms with van der Waals surface area (Å²) in [5.41, 5.74) is 0. The van der Waals surface area contributed by atoms with Gasteiger partial charge in [-0.1, -0.05) is 6.07 Å². The minimum absolute atomic E-state index is 0.107. The molecule has 27 heavy (non-hydrogen) atoms. The van der Waals surface area contributed by atoms with Gasteiger partial charge >= 0.3 is 0 Å². The molecule has 2 heterocycles. The number of nitrogens with zero attached hydrogens (tertiary/aromatic N) is 2. The van der Waals surface area contributed by atoms with Crippen LogP contribution in [-0.2, 0) is 0 Å². The fourth-order valence-corrected chi connectivity index (χ4v) is 3.82. The Labute approximate surface area is 163 Å². The Kier molecular flexibility index (Phi) is 7.09. The van der Waals surface area contributed by atoms with Crippen molar-refractivity contribution in [2.75, 3.05) is 46.4 Å². The van der Waals surface area contributed by atoms with Crippen molar-refractivity contribution in [3.63, 3.8) is 0 Å². The molecule has 1 aromatic carbocycles. The van der Waals surface area contributed by atoms with E-state index in [2.05, 4.69) is 4.90 Å². The van der Waals surface area contributed by atoms with Gasteiger partial charge in [-0.15, -0.1) is 11.3 Å². The SMILES string of the molecule is COc1ccc(OC[C@@H](O)CN2CCCN(C(=O)c3cccs3)CC2)cc1. The van der Waals surface area contributed by atoms with Gasteiger partial charge in [-0.05, 0) is 48.7 Å². The normalized spacial score (nSPS) is 16.6. The Hall–Kier alpha value is -2.09. The topological polar surface area (TPSA) is 62.2 Å². The molecule has 0 aliphatic carbocycles. The number of methoxy groups -OCH3 is 1. The van der Waals surface area contributed by atoms with E-state index in [9.17, 15) is 9.90 Å². The number of rotatable bonds is 7. The molecule has 1 amide bonds. The molecule has 0 bridgehead atoms. The van der Waals surface area contributed by atoms with Crippen molar-refractivity contribution in [3.8, 4) is 11.5 Å². The van der Waals surface area contributed by atoms with E-state index in [1.165, 1.54) is 11.3 Å². The number of amides is 1. The maximum atomic E-state index is 12.5. The predicted octanol–water partition coefficient (Wildman–Crippen LogP) is 2.34. The van der Waals surface area contributed by atoms with Gasteiger partial charge in [0.15, 0.2) is 0 Å². The van der Waals surface area contributed by atoms with E-state index in [-0.39, 0.29) is 12.5 Å². The Morgan fingerprint density at radius 3 is 2.63 bits per heavy atom. The van der Waals surface area contributed by atoms with E-state index in [1.807, 2.05) is 46.7 Å². The lowest BCUT2D eigenvalue weighted by Gasteiger charge is -2.24. The Bertz CT molecular complexity index is 705. The first-order valence-corrected chi connectivity index (χ1v) is 10.0. The predicted molar refractivity (Wildman–Crippen MR) is 106 cm³/mol. The highest BCUT2D eigenvalue weighted by Crippen LogP contribution is 2.17. The third-order valence-electron chi connectivity index (χ3n) is 4.58. The fraction of sp³-hybridized carbons (Fsp3) is 0.450. The van der Waals surface area contributed by atoms with Crippen LogP contribution in [0.4, 0.5) is 0 Å². The summed E-state index contributed by atoms with van der Waals surface area (Å²) in [5, 5.41) is 12.2. The van der Waals surface area contributed by atoms with Gasteiger partial charge in [0.25, 0.3) is 5.91 Å². The van der Waals surface area contributed by atoms with Crippen LogP contribution in [0.2, 0.25) is 0 Å². The molecule has 0 unspecified atom stereocenters. The number of thiophene rings is 1. The van der Waals surface area contributed by atoms with Crippen molar-refractivity contribution in [1.29, 1.82) is 0 Å². The van der Waals surface area contributed by atoms with Crippen molar-refractivity contribution in [2.45, 2.75) is 12.5 Å². The zero-order valence-electron chi connectivity index (χ0n) is 15.5. The van der Waals surface area contributed by atoms with E-state index in [1.54, 1.807) is 7.11 Å². The molecule has 1 saturated heterocycles. The van der Waals surface area contributed by atoms with Crippen molar-refractivity contribution < 1.29 is 19.4 Å². The lowest BCUT2D eigenvalue weighted by Crippen LogP contribution is -2.39. The summed E-state index contributed by atoms with van der Waals surface area (Å²) < 4.78 is 10.8. The number of carbonyl (C=O) groups excluding carboxylic acids is 1. The Balaban J connectivity index is 1.43. The summed E-state index contributed by atoms with van der Waals surface area (Å²) in [7, 11) is 1.62. The molecule has 7 heteroatoms. The molecule has 1 aliphatic heterocycles. The molecular weight excluding hydrogens is 364 g/mol. The lowest BCUT2D eigenvalue weighted by molar-refractivity contribution is 0.0671. The Morgan fingerprint density at radius 2 is 1.93 bits per heavy atom. The minimum atomic E-state index is -0.577. The van der Waals surface area contributed by atoms with E-state index >= 15 is 0 Å². The van der Waals surface area contributed by atoms with Gasteiger partial charge in [-0.2, -0.15) is 0 Å². The van der Waals surface area contributed by atoms with Crippen LogP contribution in [0.15, 0.2) is 41.8 Å². The molecule has 1 aliphatic rings. The average Bonchev–Trinajstić information content (AvgIpc) is 3.13. The van der Waals surface area contributed by atoms with Gasteiger partial charge in [-0.3, -0.25) is 9.69 Å². The first-order chi connectivity index (χ1) is 13.2. The number of aliphatic hydroxyl groups excluding tert-OH is 1. The molecule has 6 nitrogen and oxygen atoms in total. The summed E-state index contributed by atoms with van der Waals surface area (Å²) in [6.07, 6.45) is 0.329. The van der Waals surface area contributed by atoms with Crippen LogP contribution in [0.1, 0.15) is 16.1 Å². The van der Waals surface area contributed by atoms with Crippen LogP contribution in [-0.4, -0.2) is 73.4 Å². The zero-order chi connectivity index (χ0) is 19.1. The van der Waals surface area contributed by atoms with E-state index in [0.29, 0.717) is 18.8 Å². The number of β-amino-alcohol motifs (C(OH)–C–C–N with tert-alkyl or cyclic N) is 1. The second kappa shape index (κ2) is 9.73. The molecule has 1 fully saturated rings. The third-order valence-corrected chi connectivity index (χ3v) is 5.44. The second-order valence-electron chi connectivity index (χ2n) is 6.56. The number of hydrogen-bond donors (Lipinski definition) is 1. The molecule has 2 aromatic rings. The molecule has 146 valence electrons. The van der Waals surface area contributed by atoms with Gasteiger partial charge in [0.2, 0.25) is 0 Å². The second-order valence-corrected chi connectivity index (χ2v) is 7.51. The summed E-state index contributed by atoms with van der Waals surface area (Å²) in [6, 6.07) is 11.1. The zero-order valence-corrected chi connectivity index (χ0v) is 16.4. The largest absolute Gasteiger partial charge is 0.497 e. The smallest absolute Gasteiger partial charge is 0.263 e. The number of aliphatic hydroxyl groups is 1. The van der Waals surface area contributed by atoms with Crippen LogP contribution in [0, 0.1) is 0 Å². The van der Waals surface area contributed by atoms with Crippen molar-refractivity contribution in [3.05, 3.63) is 46.7 Å². The number of hydrogen-bond acceptors (Lipinski definition) is 6. The Morgan fingerprint density at radius 1 is 1.15 bits per heavy atom. The maximum Gasteiger partial charge on any atom is 0.263 e. The average molecular weight is 391 g/mol. The molecule has 0 spiro atoms. The first kappa shape index (κ1) is 19.7. The highest BCUT2D eigenvalue weighted by atomic mass is 32.1. The van der Waals surface area contributed by atoms with E-state index in [0.717, 1.165) is 36.7 Å². The maximum absolute atomic E-state index is 12.5. The number of benzene rings is 1. The van der Waals surface area contributed by atoms with Crippen molar-refractivity contribution in [1.82, 2.24) is 9.80 Å². The van der Waals surface area contributed by atoms with E-state index in [4.69, 9.17) is 9.47 Å². The molecule has 0 radical (unpaired) electrons. The van der Waals surface area contributed by atoms with Crippen LogP contribution in [0.3, 0.4) is 0 Å². The van der Waals surface area contributed by atoms with Gasteiger partial charge < -0.3 is 19.5 Å². The monoisotopic (exact) mass is 390 g/mol. The summed E-state index contributed by atoms with van der Waals surface area (Å²) >= 11 is 1.48. The van der Waals surface area contributed by atoms with Crippen LogP contribution in [0.25, 0.3) is 0 Å². The highest BCUT2D eigenvalue weighted by Gasteiger charge is 2.22. The van der Waals surface area contributed by atoms with Crippen LogP contribution >= 0.6 is 11.3 Å². The standard InChI is InChI=1S/C20H26N2O4S/c1-25-17-5-7-18(8-6-17)26-15-16(23)14-21-9-3-10-22(12-11-21)20(24)19-4-2-13-27-19/h2,4-8,13,16,23H,3,9-12,14-15H2,1H3/t16-/m0/s1. The number of carbonyl (C=O) groups is 1. The molecule has 1 N–H and O–H groups in total.